The third-order valence-electron chi connectivity index (χ3n) is 5.59. The van der Waals surface area contributed by atoms with Crippen LogP contribution < -0.4 is 0 Å². The second kappa shape index (κ2) is 14.1. The molecule has 0 bridgehead atoms. The van der Waals surface area contributed by atoms with Gasteiger partial charge in [-0.05, 0) is 37.3 Å². The van der Waals surface area contributed by atoms with Crippen molar-refractivity contribution in [3.05, 3.63) is 81.6 Å². The molecule has 4 rings (SSSR count). The van der Waals surface area contributed by atoms with Gasteiger partial charge in [-0.25, -0.2) is 18.4 Å². The fraction of sp³-hybridized carbons (Fsp3) is 0.320. The summed E-state index contributed by atoms with van der Waals surface area (Å²) in [6.07, 6.45) is 1.40. The van der Waals surface area contributed by atoms with E-state index in [-0.39, 0.29) is 24.4 Å². The average Bonchev–Trinajstić information content (AvgIpc) is 3.61. The van der Waals surface area contributed by atoms with Crippen molar-refractivity contribution in [2.75, 3.05) is 6.61 Å². The summed E-state index contributed by atoms with van der Waals surface area (Å²) < 4.78 is 46.8. The number of thioether (sulfide) groups is 1. The number of ether oxygens (including phenoxy) is 2. The molecule has 15 heteroatoms. The van der Waals surface area contributed by atoms with E-state index < -0.39 is 47.0 Å². The van der Waals surface area contributed by atoms with E-state index in [0.717, 1.165) is 12.1 Å². The molecule has 0 saturated heterocycles. The number of hydrogen-bond donors (Lipinski definition) is 2. The van der Waals surface area contributed by atoms with Gasteiger partial charge in [0, 0.05) is 10.5 Å². The van der Waals surface area contributed by atoms with Crippen LogP contribution in [0.4, 0.5) is 8.78 Å². The van der Waals surface area contributed by atoms with Gasteiger partial charge in [-0.3, -0.25) is 0 Å². The molecule has 9 nitrogen and oxygen atoms in total. The number of nitrogens with zero attached hydrogens (tertiary/aromatic N) is 4. The predicted molar refractivity (Wildman–Crippen MR) is 145 cm³/mol. The molecule has 0 amide bonds. The van der Waals surface area contributed by atoms with Gasteiger partial charge in [0.05, 0.1) is 42.1 Å². The number of rotatable bonds is 13. The average molecular weight is 636 g/mol. The maximum absolute atomic E-state index is 14.0. The van der Waals surface area contributed by atoms with E-state index >= 15 is 0 Å². The van der Waals surface area contributed by atoms with Crippen molar-refractivity contribution in [3.63, 3.8) is 0 Å². The minimum atomic E-state index is -1.01. The van der Waals surface area contributed by atoms with Gasteiger partial charge in [0.2, 0.25) is 0 Å². The number of oxazole rings is 1. The molecule has 2 N–H and O–H groups in total. The van der Waals surface area contributed by atoms with Crippen LogP contribution in [0, 0.1) is 11.6 Å². The van der Waals surface area contributed by atoms with Gasteiger partial charge in [-0.15, -0.1) is 5.10 Å². The van der Waals surface area contributed by atoms with Gasteiger partial charge in [-0.2, -0.15) is 0 Å². The predicted octanol–water partition coefficient (Wildman–Crippen LogP) is 5.63. The molecule has 0 saturated carbocycles. The summed E-state index contributed by atoms with van der Waals surface area (Å²) in [5.74, 6) is -1.86. The second-order valence-corrected chi connectivity index (χ2v) is 10.9. The zero-order valence-corrected chi connectivity index (χ0v) is 23.8. The highest BCUT2D eigenvalue weighted by molar-refractivity contribution is 7.99. The van der Waals surface area contributed by atoms with E-state index in [0.29, 0.717) is 20.6 Å². The van der Waals surface area contributed by atoms with Crippen LogP contribution >= 0.6 is 46.6 Å². The van der Waals surface area contributed by atoms with Crippen molar-refractivity contribution in [1.29, 1.82) is 0 Å². The Bertz CT molecular complexity index is 1390. The van der Waals surface area contributed by atoms with Crippen molar-refractivity contribution >= 4 is 46.6 Å². The highest BCUT2D eigenvalue weighted by atomic mass is 35.5. The van der Waals surface area contributed by atoms with Crippen LogP contribution in [0.5, 0.6) is 0 Å². The largest absolute Gasteiger partial charge is 0.451 e. The van der Waals surface area contributed by atoms with E-state index in [2.05, 4.69) is 15.3 Å². The smallest absolute Gasteiger partial charge is 0.180 e. The fourth-order valence-electron chi connectivity index (χ4n) is 3.48. The first-order chi connectivity index (χ1) is 19.1. The van der Waals surface area contributed by atoms with Crippen molar-refractivity contribution in [3.8, 4) is 11.3 Å². The first kappa shape index (κ1) is 30.7. The Balaban J connectivity index is 1.65. The Morgan fingerprint density at radius 3 is 2.48 bits per heavy atom. The molecule has 0 aliphatic heterocycles. The van der Waals surface area contributed by atoms with E-state index in [1.54, 1.807) is 18.2 Å². The van der Waals surface area contributed by atoms with Crippen molar-refractivity contribution in [2.45, 2.75) is 48.7 Å². The summed E-state index contributed by atoms with van der Waals surface area (Å²) in [6, 6.07) is 7.11. The van der Waals surface area contributed by atoms with Crippen LogP contribution in [-0.4, -0.2) is 60.5 Å². The molecule has 0 radical (unpaired) electrons. The van der Waals surface area contributed by atoms with Crippen molar-refractivity contribution in [2.24, 2.45) is 0 Å². The van der Waals surface area contributed by atoms with E-state index in [1.165, 1.54) is 42.2 Å². The highest BCUT2D eigenvalue weighted by Crippen LogP contribution is 2.34. The molecule has 214 valence electrons. The summed E-state index contributed by atoms with van der Waals surface area (Å²) in [7, 11) is 0. The molecule has 4 atom stereocenters. The molecule has 0 fully saturated rings. The van der Waals surface area contributed by atoms with Crippen LogP contribution in [0.3, 0.4) is 0 Å². The Morgan fingerprint density at radius 2 is 1.85 bits per heavy atom. The molecule has 2 unspecified atom stereocenters. The Hall–Kier alpha value is -2.29. The maximum Gasteiger partial charge on any atom is 0.180 e. The van der Waals surface area contributed by atoms with Gasteiger partial charge in [0.1, 0.15) is 52.0 Å². The molecule has 2 aromatic heterocycles. The van der Waals surface area contributed by atoms with Gasteiger partial charge < -0.3 is 24.1 Å². The monoisotopic (exact) mass is 634 g/mol. The first-order valence-electron chi connectivity index (χ1n) is 11.7. The van der Waals surface area contributed by atoms with Gasteiger partial charge in [-0.1, -0.05) is 51.8 Å². The summed E-state index contributed by atoms with van der Waals surface area (Å²) in [6.45, 7) is 1.09. The fourth-order valence-corrected chi connectivity index (χ4v) is 5.07. The third-order valence-corrected chi connectivity index (χ3v) is 7.86. The third kappa shape index (κ3) is 7.92. The number of benzene rings is 2. The second-order valence-electron chi connectivity index (χ2n) is 8.57. The number of aliphatic hydroxyl groups is 2. The normalized spacial score (nSPS) is 14.7. The number of aliphatic hydroxyl groups excluding tert-OH is 2. The van der Waals surface area contributed by atoms with Crippen LogP contribution in [0.15, 0.2) is 58.5 Å². The minimum Gasteiger partial charge on any atom is -0.451 e. The Morgan fingerprint density at radius 1 is 1.10 bits per heavy atom. The number of hydrogen-bond acceptors (Lipinski definition) is 9. The quantitative estimate of drug-likeness (QED) is 0.110. The zero-order valence-electron chi connectivity index (χ0n) is 20.8. The van der Waals surface area contributed by atoms with Gasteiger partial charge in [0.15, 0.2) is 6.39 Å². The summed E-state index contributed by atoms with van der Waals surface area (Å²) in [5, 5.41) is 28.2. The van der Waals surface area contributed by atoms with E-state index in [1.807, 2.05) is 0 Å². The van der Waals surface area contributed by atoms with Crippen molar-refractivity contribution in [1.82, 2.24) is 20.0 Å². The lowest BCUT2D eigenvalue weighted by Gasteiger charge is -2.31. The topological polar surface area (TPSA) is 116 Å². The Kier molecular flexibility index (Phi) is 10.8. The highest BCUT2D eigenvalue weighted by Gasteiger charge is 2.31. The lowest BCUT2D eigenvalue weighted by atomic mass is 10.1. The first-order valence-corrected chi connectivity index (χ1v) is 13.8. The van der Waals surface area contributed by atoms with Crippen LogP contribution in [0.2, 0.25) is 15.1 Å². The SMILES string of the molecule is C[C@@H](O)C(CO)OC(Sc1ccc(Cl)c(Cl)c1)[C@H](Cn1cc(-c2cc(F)c(Cl)c(F)c2)nn1)OCc1cocn1. The lowest BCUT2D eigenvalue weighted by Crippen LogP contribution is -2.40. The van der Waals surface area contributed by atoms with E-state index in [4.69, 9.17) is 48.7 Å². The molecule has 40 heavy (non-hydrogen) atoms. The molecule has 0 aliphatic carbocycles. The minimum absolute atomic E-state index is 0.0244. The van der Waals surface area contributed by atoms with Crippen molar-refractivity contribution < 1.29 is 32.9 Å². The lowest BCUT2D eigenvalue weighted by molar-refractivity contribution is -0.116. The van der Waals surface area contributed by atoms with Crippen LogP contribution in [0.1, 0.15) is 12.6 Å². The Labute approximate surface area is 247 Å². The summed E-state index contributed by atoms with van der Waals surface area (Å²) >= 11 is 19.1. The number of halogens is 5. The van der Waals surface area contributed by atoms with E-state index in [9.17, 15) is 19.0 Å². The summed E-state index contributed by atoms with van der Waals surface area (Å²) in [5.41, 5.74) is -0.00689. The molecular weight excluding hydrogens is 613 g/mol. The molecular formula is C25H23Cl3F2N4O5S. The van der Waals surface area contributed by atoms with Crippen LogP contribution in [0.25, 0.3) is 11.3 Å². The zero-order chi connectivity index (χ0) is 28.8. The molecule has 0 aliphatic rings. The number of aromatic nitrogens is 4. The molecule has 4 aromatic rings. The van der Waals surface area contributed by atoms with Gasteiger partial charge in [0.25, 0.3) is 0 Å². The van der Waals surface area contributed by atoms with Gasteiger partial charge >= 0.3 is 0 Å². The molecule has 0 spiro atoms. The standard InChI is InChI=1S/C25H23Cl3F2N4O5S/c1-13(36)23(9-35)39-25(40-16-2-3-17(26)18(27)6-16)22(38-11-15-10-37-12-31-15)8-34-7-21(32-33-34)14-4-19(29)24(28)20(30)5-14/h2-7,10,12-13,22-23,25,35-36H,8-9,11H2,1H3/t13-,22+,23?,25?/m1/s1. The van der Waals surface area contributed by atoms with Crippen LogP contribution in [-0.2, 0) is 22.6 Å². The maximum atomic E-state index is 14.0. The summed E-state index contributed by atoms with van der Waals surface area (Å²) in [4.78, 5) is 4.73. The molecule has 2 aromatic carbocycles. The molecule has 2 heterocycles.